The fourth-order valence-corrected chi connectivity index (χ4v) is 5.29. The first-order chi connectivity index (χ1) is 12.5. The van der Waals surface area contributed by atoms with E-state index in [-0.39, 0.29) is 10.8 Å². The van der Waals surface area contributed by atoms with Crippen LogP contribution in [0.1, 0.15) is 19.4 Å². The Morgan fingerprint density at radius 2 is 1.85 bits per heavy atom. The second-order valence-electron chi connectivity index (χ2n) is 5.84. The fraction of sp³-hybridized carbons (Fsp3) is 0.333. The largest absolute Gasteiger partial charge is 0.306 e. The SMILES string of the molecule is CCN(CC)S(=O)(=O)c1ccc2c(c1)N(Cc1ccncc1)C(=O)CS2. The Bertz CT molecular complexity index is 897. The molecule has 26 heavy (non-hydrogen) atoms. The lowest BCUT2D eigenvalue weighted by atomic mass is 10.2. The van der Waals surface area contributed by atoms with Crippen molar-refractivity contribution in [3.63, 3.8) is 0 Å². The molecule has 8 heteroatoms. The van der Waals surface area contributed by atoms with E-state index in [0.29, 0.717) is 31.1 Å². The monoisotopic (exact) mass is 391 g/mol. The maximum atomic E-state index is 12.8. The standard InChI is InChI=1S/C18H21N3O3S2/c1-3-20(4-2)26(23,24)15-5-6-17-16(11-15)21(18(22)13-25-17)12-14-7-9-19-10-8-14/h5-11H,3-4,12-13H2,1-2H3. The molecule has 0 N–H and O–H groups in total. The molecule has 0 unspecified atom stereocenters. The highest BCUT2D eigenvalue weighted by Gasteiger charge is 2.28. The number of thioether (sulfide) groups is 1. The van der Waals surface area contributed by atoms with Gasteiger partial charge in [0.2, 0.25) is 15.9 Å². The van der Waals surface area contributed by atoms with Crippen LogP contribution in [-0.4, -0.2) is 42.5 Å². The predicted molar refractivity (Wildman–Crippen MR) is 103 cm³/mol. The first kappa shape index (κ1) is 18.9. The van der Waals surface area contributed by atoms with Crippen molar-refractivity contribution in [3.05, 3.63) is 48.3 Å². The van der Waals surface area contributed by atoms with Gasteiger partial charge in [-0.15, -0.1) is 11.8 Å². The van der Waals surface area contributed by atoms with E-state index < -0.39 is 10.0 Å². The number of nitrogens with zero attached hydrogens (tertiary/aromatic N) is 3. The molecule has 0 aliphatic carbocycles. The van der Waals surface area contributed by atoms with Crippen LogP contribution in [0.25, 0.3) is 0 Å². The molecule has 0 saturated carbocycles. The molecular weight excluding hydrogens is 370 g/mol. The summed E-state index contributed by atoms with van der Waals surface area (Å²) >= 11 is 1.44. The third kappa shape index (κ3) is 3.62. The number of benzene rings is 1. The average Bonchev–Trinajstić information content (AvgIpc) is 2.65. The molecule has 0 atom stereocenters. The van der Waals surface area contributed by atoms with E-state index in [4.69, 9.17) is 0 Å². The number of fused-ring (bicyclic) bond motifs is 1. The van der Waals surface area contributed by atoms with Gasteiger partial charge < -0.3 is 4.90 Å². The summed E-state index contributed by atoms with van der Waals surface area (Å²) in [4.78, 5) is 19.3. The zero-order valence-electron chi connectivity index (χ0n) is 14.8. The van der Waals surface area contributed by atoms with Crippen LogP contribution in [0, 0.1) is 0 Å². The Kier molecular flexibility index (Phi) is 5.64. The molecule has 0 radical (unpaired) electrons. The van der Waals surface area contributed by atoms with Gasteiger partial charge in [-0.05, 0) is 35.9 Å². The predicted octanol–water partition coefficient (Wildman–Crippen LogP) is 2.75. The lowest BCUT2D eigenvalue weighted by Gasteiger charge is -2.30. The molecule has 1 aliphatic heterocycles. The van der Waals surface area contributed by atoms with E-state index in [1.165, 1.54) is 16.1 Å². The molecule has 0 bridgehead atoms. The van der Waals surface area contributed by atoms with Crippen molar-refractivity contribution in [2.75, 3.05) is 23.7 Å². The molecule has 0 spiro atoms. The average molecular weight is 392 g/mol. The van der Waals surface area contributed by atoms with Crippen molar-refractivity contribution in [2.45, 2.75) is 30.2 Å². The Morgan fingerprint density at radius 1 is 1.15 bits per heavy atom. The van der Waals surface area contributed by atoms with Gasteiger partial charge in [-0.3, -0.25) is 9.78 Å². The number of anilines is 1. The third-order valence-electron chi connectivity index (χ3n) is 4.31. The van der Waals surface area contributed by atoms with Gasteiger partial charge in [-0.2, -0.15) is 4.31 Å². The van der Waals surface area contributed by atoms with Gasteiger partial charge in [0, 0.05) is 30.4 Å². The zero-order valence-corrected chi connectivity index (χ0v) is 16.4. The number of hydrogen-bond donors (Lipinski definition) is 0. The summed E-state index contributed by atoms with van der Waals surface area (Å²) in [5, 5.41) is 0. The summed E-state index contributed by atoms with van der Waals surface area (Å²) in [6, 6.07) is 8.74. The van der Waals surface area contributed by atoms with Crippen LogP contribution in [0.15, 0.2) is 52.5 Å². The number of pyridine rings is 1. The third-order valence-corrected chi connectivity index (χ3v) is 7.40. The van der Waals surface area contributed by atoms with Crippen LogP contribution < -0.4 is 4.90 Å². The van der Waals surface area contributed by atoms with Crippen LogP contribution in [-0.2, 0) is 21.4 Å². The van der Waals surface area contributed by atoms with Gasteiger partial charge in [0.1, 0.15) is 0 Å². The van der Waals surface area contributed by atoms with E-state index in [0.717, 1.165) is 10.5 Å². The van der Waals surface area contributed by atoms with Gasteiger partial charge in [0.05, 0.1) is 22.9 Å². The van der Waals surface area contributed by atoms with Crippen molar-refractivity contribution in [1.29, 1.82) is 0 Å². The molecule has 3 rings (SSSR count). The van der Waals surface area contributed by atoms with Crippen LogP contribution in [0.4, 0.5) is 5.69 Å². The zero-order chi connectivity index (χ0) is 18.7. The van der Waals surface area contributed by atoms with Crippen LogP contribution in [0.5, 0.6) is 0 Å². The number of carbonyl (C=O) groups excluding carboxylic acids is 1. The van der Waals surface area contributed by atoms with Gasteiger partial charge in [-0.25, -0.2) is 8.42 Å². The number of aromatic nitrogens is 1. The molecule has 6 nitrogen and oxygen atoms in total. The van der Waals surface area contributed by atoms with Gasteiger partial charge in [0.25, 0.3) is 0 Å². The quantitative estimate of drug-likeness (QED) is 0.757. The summed E-state index contributed by atoms with van der Waals surface area (Å²) in [6.45, 7) is 4.83. The molecule has 138 valence electrons. The van der Waals surface area contributed by atoms with Crippen molar-refractivity contribution in [2.24, 2.45) is 0 Å². The summed E-state index contributed by atoms with van der Waals surface area (Å²) in [5.41, 5.74) is 1.60. The van der Waals surface area contributed by atoms with Gasteiger partial charge in [0.15, 0.2) is 0 Å². The number of amides is 1. The minimum atomic E-state index is -3.57. The lowest BCUT2D eigenvalue weighted by Crippen LogP contribution is -2.35. The smallest absolute Gasteiger partial charge is 0.243 e. The Hall–Kier alpha value is -1.90. The van der Waals surface area contributed by atoms with Crippen LogP contribution in [0.2, 0.25) is 0 Å². The normalized spacial score (nSPS) is 14.6. The fourth-order valence-electron chi connectivity index (χ4n) is 2.90. The second kappa shape index (κ2) is 7.77. The molecule has 1 aromatic carbocycles. The van der Waals surface area contributed by atoms with E-state index in [1.54, 1.807) is 35.5 Å². The van der Waals surface area contributed by atoms with Crippen LogP contribution >= 0.6 is 11.8 Å². The number of rotatable bonds is 6. The van der Waals surface area contributed by atoms with E-state index in [2.05, 4.69) is 4.98 Å². The second-order valence-corrected chi connectivity index (χ2v) is 8.80. The lowest BCUT2D eigenvalue weighted by molar-refractivity contribution is -0.116. The Labute approximate surface area is 158 Å². The van der Waals surface area contributed by atoms with Gasteiger partial charge in [-0.1, -0.05) is 13.8 Å². The van der Waals surface area contributed by atoms with Gasteiger partial charge >= 0.3 is 0 Å². The summed E-state index contributed by atoms with van der Waals surface area (Å²) in [7, 11) is -3.57. The Balaban J connectivity index is 2.02. The molecular formula is C18H21N3O3S2. The Morgan fingerprint density at radius 3 is 2.50 bits per heavy atom. The molecule has 2 heterocycles. The minimum Gasteiger partial charge on any atom is -0.306 e. The summed E-state index contributed by atoms with van der Waals surface area (Å²) in [5.74, 6) is 0.317. The number of carbonyl (C=O) groups is 1. The molecule has 2 aromatic rings. The van der Waals surface area contributed by atoms with Crippen molar-refractivity contribution in [1.82, 2.24) is 9.29 Å². The van der Waals surface area contributed by atoms with Crippen molar-refractivity contribution < 1.29 is 13.2 Å². The summed E-state index contributed by atoms with van der Waals surface area (Å²) in [6.07, 6.45) is 3.36. The van der Waals surface area contributed by atoms with E-state index >= 15 is 0 Å². The van der Waals surface area contributed by atoms with E-state index in [1.807, 2.05) is 26.0 Å². The first-order valence-electron chi connectivity index (χ1n) is 8.43. The molecule has 1 aliphatic rings. The minimum absolute atomic E-state index is 0.0308. The highest BCUT2D eigenvalue weighted by Crippen LogP contribution is 2.38. The topological polar surface area (TPSA) is 70.6 Å². The number of hydrogen-bond acceptors (Lipinski definition) is 5. The maximum absolute atomic E-state index is 12.8. The van der Waals surface area contributed by atoms with Crippen molar-refractivity contribution in [3.8, 4) is 0 Å². The first-order valence-corrected chi connectivity index (χ1v) is 10.9. The molecule has 1 aromatic heterocycles. The highest BCUT2D eigenvalue weighted by molar-refractivity contribution is 8.00. The van der Waals surface area contributed by atoms with Crippen LogP contribution in [0.3, 0.4) is 0 Å². The number of sulfonamides is 1. The van der Waals surface area contributed by atoms with E-state index in [9.17, 15) is 13.2 Å². The molecule has 0 fully saturated rings. The molecule has 0 saturated heterocycles. The summed E-state index contributed by atoms with van der Waals surface area (Å²) < 4.78 is 27.1. The highest BCUT2D eigenvalue weighted by atomic mass is 32.2. The molecule has 1 amide bonds. The maximum Gasteiger partial charge on any atom is 0.243 e. The van der Waals surface area contributed by atoms with Crippen molar-refractivity contribution >= 4 is 33.4 Å².